The number of benzene rings is 1. The molecule has 1 aromatic heterocycles. The van der Waals surface area contributed by atoms with E-state index in [1.807, 2.05) is 29.2 Å². The Hall–Kier alpha value is -1.96. The van der Waals surface area contributed by atoms with Gasteiger partial charge in [0.25, 0.3) is 0 Å². The van der Waals surface area contributed by atoms with Gasteiger partial charge in [0.2, 0.25) is 17.6 Å². The number of piperazine rings is 1. The van der Waals surface area contributed by atoms with Crippen LogP contribution < -0.4 is 5.32 Å². The number of halogens is 1. The van der Waals surface area contributed by atoms with Crippen LogP contribution in [0.3, 0.4) is 0 Å². The summed E-state index contributed by atoms with van der Waals surface area (Å²) in [6.07, 6.45) is 2.60. The van der Waals surface area contributed by atoms with E-state index in [2.05, 4.69) is 20.4 Å². The lowest BCUT2D eigenvalue weighted by molar-refractivity contribution is -0.132. The van der Waals surface area contributed by atoms with Crippen molar-refractivity contribution in [1.82, 2.24) is 25.3 Å². The van der Waals surface area contributed by atoms with E-state index in [9.17, 15) is 4.79 Å². The Morgan fingerprint density at radius 2 is 1.93 bits per heavy atom. The summed E-state index contributed by atoms with van der Waals surface area (Å²) in [6.45, 7) is 5.12. The van der Waals surface area contributed by atoms with Gasteiger partial charge in [0.1, 0.15) is 0 Å². The third kappa shape index (κ3) is 5.06. The molecule has 2 fully saturated rings. The number of hydrogen-bond donors (Lipinski definition) is 1. The van der Waals surface area contributed by atoms with Crippen LogP contribution >= 0.6 is 11.6 Å². The van der Waals surface area contributed by atoms with E-state index in [0.717, 1.165) is 44.2 Å². The van der Waals surface area contributed by atoms with Gasteiger partial charge >= 0.3 is 0 Å². The van der Waals surface area contributed by atoms with Gasteiger partial charge in [-0.25, -0.2) is 0 Å². The van der Waals surface area contributed by atoms with E-state index in [1.54, 1.807) is 0 Å². The Morgan fingerprint density at radius 3 is 2.63 bits per heavy atom. The normalized spacial score (nSPS) is 18.0. The molecule has 1 aromatic carbocycles. The lowest BCUT2D eigenvalue weighted by Crippen LogP contribution is -2.50. The smallest absolute Gasteiger partial charge is 0.241 e. The molecule has 2 aliphatic rings. The summed E-state index contributed by atoms with van der Waals surface area (Å²) in [5.41, 5.74) is 0.878. The minimum atomic E-state index is 0.193. The molecule has 0 unspecified atom stereocenters. The number of carbonyl (C=O) groups excluding carboxylic acids is 1. The van der Waals surface area contributed by atoms with Crippen LogP contribution in [0.25, 0.3) is 11.4 Å². The van der Waals surface area contributed by atoms with Crippen LogP contribution in [0.5, 0.6) is 0 Å². The Bertz CT molecular complexity index is 767. The van der Waals surface area contributed by atoms with Crippen LogP contribution in [0.1, 0.15) is 18.7 Å². The van der Waals surface area contributed by atoms with Crippen molar-refractivity contribution in [2.24, 2.45) is 5.92 Å². The van der Waals surface area contributed by atoms with Gasteiger partial charge in [0, 0.05) is 36.8 Å². The third-order valence-electron chi connectivity index (χ3n) is 5.06. The number of aromatic nitrogens is 2. The summed E-state index contributed by atoms with van der Waals surface area (Å²) in [5.74, 6) is 2.14. The fourth-order valence-electron chi connectivity index (χ4n) is 3.20. The molecule has 8 heteroatoms. The van der Waals surface area contributed by atoms with E-state index in [1.165, 1.54) is 12.8 Å². The van der Waals surface area contributed by atoms with Gasteiger partial charge in [-0.1, -0.05) is 16.8 Å². The summed E-state index contributed by atoms with van der Waals surface area (Å²) >= 11 is 5.91. The molecule has 0 spiro atoms. The molecule has 7 nitrogen and oxygen atoms in total. The highest BCUT2D eigenvalue weighted by Crippen LogP contribution is 2.27. The minimum absolute atomic E-state index is 0.193. The average Bonchev–Trinajstić information content (AvgIpc) is 3.39. The highest BCUT2D eigenvalue weighted by molar-refractivity contribution is 6.30. The van der Waals surface area contributed by atoms with Crippen molar-refractivity contribution in [3.05, 3.63) is 35.2 Å². The van der Waals surface area contributed by atoms with Gasteiger partial charge in [0.15, 0.2) is 0 Å². The van der Waals surface area contributed by atoms with Gasteiger partial charge in [-0.2, -0.15) is 4.98 Å². The van der Waals surface area contributed by atoms with Crippen molar-refractivity contribution < 1.29 is 9.32 Å². The van der Waals surface area contributed by atoms with Crippen LogP contribution in [0.15, 0.2) is 28.8 Å². The maximum Gasteiger partial charge on any atom is 0.241 e. The van der Waals surface area contributed by atoms with E-state index in [0.29, 0.717) is 29.8 Å². The largest absolute Gasteiger partial charge is 0.339 e. The van der Waals surface area contributed by atoms with Crippen molar-refractivity contribution in [2.75, 3.05) is 39.3 Å². The number of rotatable bonds is 7. The Morgan fingerprint density at radius 1 is 1.19 bits per heavy atom. The van der Waals surface area contributed by atoms with Crippen molar-refractivity contribution in [1.29, 1.82) is 0 Å². The lowest BCUT2D eigenvalue weighted by Gasteiger charge is -2.34. The van der Waals surface area contributed by atoms with Crippen molar-refractivity contribution in [3.8, 4) is 11.4 Å². The summed E-state index contributed by atoms with van der Waals surface area (Å²) in [6, 6.07) is 7.36. The molecular formula is C19H24ClN5O2. The predicted octanol–water partition coefficient (Wildman–Crippen LogP) is 2.03. The summed E-state index contributed by atoms with van der Waals surface area (Å²) < 4.78 is 5.38. The van der Waals surface area contributed by atoms with E-state index in [4.69, 9.17) is 16.1 Å². The molecule has 144 valence electrons. The first kappa shape index (κ1) is 18.4. The molecule has 1 saturated carbocycles. The Labute approximate surface area is 163 Å². The third-order valence-corrected chi connectivity index (χ3v) is 5.31. The Kier molecular flexibility index (Phi) is 5.71. The van der Waals surface area contributed by atoms with Crippen LogP contribution in [0.2, 0.25) is 5.02 Å². The maximum absolute atomic E-state index is 12.2. The van der Waals surface area contributed by atoms with E-state index in [-0.39, 0.29) is 5.91 Å². The average molecular weight is 390 g/mol. The van der Waals surface area contributed by atoms with Crippen LogP contribution in [0.4, 0.5) is 0 Å². The Balaban J connectivity index is 1.23. The molecule has 1 amide bonds. The summed E-state index contributed by atoms with van der Waals surface area (Å²) in [5, 5.41) is 8.00. The molecule has 2 aromatic rings. The zero-order chi connectivity index (χ0) is 18.6. The molecule has 0 atom stereocenters. The van der Waals surface area contributed by atoms with E-state index >= 15 is 0 Å². The zero-order valence-electron chi connectivity index (χ0n) is 15.2. The number of carbonyl (C=O) groups is 1. The first-order chi connectivity index (χ1) is 13.2. The quantitative estimate of drug-likeness (QED) is 0.781. The first-order valence-electron chi connectivity index (χ1n) is 9.47. The molecule has 0 radical (unpaired) electrons. The van der Waals surface area contributed by atoms with Crippen LogP contribution in [0, 0.1) is 5.92 Å². The van der Waals surface area contributed by atoms with Gasteiger partial charge in [-0.15, -0.1) is 0 Å². The lowest BCUT2D eigenvalue weighted by atomic mass is 10.2. The molecule has 4 rings (SSSR count). The standard InChI is InChI=1S/C19H24ClN5O2/c20-16-5-3-15(4-6-16)19-22-17(27-23-19)13-24-7-9-25(10-8-24)18(26)12-21-11-14-1-2-14/h3-6,14,21H,1-2,7-13H2. The van der Waals surface area contributed by atoms with Gasteiger partial charge in [-0.05, 0) is 49.6 Å². The van der Waals surface area contributed by atoms with Crippen molar-refractivity contribution in [3.63, 3.8) is 0 Å². The number of amides is 1. The van der Waals surface area contributed by atoms with Gasteiger partial charge in [-0.3, -0.25) is 9.69 Å². The van der Waals surface area contributed by atoms with Crippen molar-refractivity contribution in [2.45, 2.75) is 19.4 Å². The number of hydrogen-bond acceptors (Lipinski definition) is 6. The molecule has 1 saturated heterocycles. The van der Waals surface area contributed by atoms with Crippen LogP contribution in [-0.2, 0) is 11.3 Å². The predicted molar refractivity (Wildman–Crippen MR) is 102 cm³/mol. The molecule has 27 heavy (non-hydrogen) atoms. The van der Waals surface area contributed by atoms with Crippen molar-refractivity contribution >= 4 is 17.5 Å². The second-order valence-electron chi connectivity index (χ2n) is 7.25. The second kappa shape index (κ2) is 8.37. The first-order valence-corrected chi connectivity index (χ1v) is 9.84. The number of nitrogens with one attached hydrogen (secondary N) is 1. The fraction of sp³-hybridized carbons (Fsp3) is 0.526. The monoisotopic (exact) mass is 389 g/mol. The molecule has 1 N–H and O–H groups in total. The number of nitrogens with zero attached hydrogens (tertiary/aromatic N) is 4. The summed E-state index contributed by atoms with van der Waals surface area (Å²) in [4.78, 5) is 20.9. The SMILES string of the molecule is O=C(CNCC1CC1)N1CCN(Cc2nc(-c3ccc(Cl)cc3)no2)CC1. The summed E-state index contributed by atoms with van der Waals surface area (Å²) in [7, 11) is 0. The molecule has 0 bridgehead atoms. The molecule has 2 heterocycles. The molecule has 1 aliphatic carbocycles. The molecule has 1 aliphatic heterocycles. The second-order valence-corrected chi connectivity index (χ2v) is 7.69. The topological polar surface area (TPSA) is 74.5 Å². The maximum atomic E-state index is 12.2. The van der Waals surface area contributed by atoms with E-state index < -0.39 is 0 Å². The fourth-order valence-corrected chi connectivity index (χ4v) is 3.32. The van der Waals surface area contributed by atoms with Crippen LogP contribution in [-0.4, -0.2) is 65.1 Å². The minimum Gasteiger partial charge on any atom is -0.339 e. The highest BCUT2D eigenvalue weighted by atomic mass is 35.5. The highest BCUT2D eigenvalue weighted by Gasteiger charge is 2.24. The van der Waals surface area contributed by atoms with Gasteiger partial charge < -0.3 is 14.7 Å². The molecular weight excluding hydrogens is 366 g/mol. The zero-order valence-corrected chi connectivity index (χ0v) is 16.0. The van der Waals surface area contributed by atoms with Gasteiger partial charge in [0.05, 0.1) is 13.1 Å².